The third-order valence-corrected chi connectivity index (χ3v) is 7.22. The quantitative estimate of drug-likeness (QED) is 0.641. The second-order valence-electron chi connectivity index (χ2n) is 7.55. The molecule has 29 heavy (non-hydrogen) atoms. The van der Waals surface area contributed by atoms with Crippen molar-refractivity contribution in [2.24, 2.45) is 0 Å². The molecule has 0 aliphatic carbocycles. The third-order valence-electron chi connectivity index (χ3n) is 5.45. The number of halogens is 2. The first-order chi connectivity index (χ1) is 13.7. The minimum atomic E-state index is -3.16. The van der Waals surface area contributed by atoms with Crippen LogP contribution in [0.4, 0.5) is 0 Å². The van der Waals surface area contributed by atoms with Gasteiger partial charge in [0.1, 0.15) is 0 Å². The molecule has 1 atom stereocenters. The first-order valence-electron chi connectivity index (χ1n) is 9.45. The number of benzene rings is 2. The first-order valence-corrected chi connectivity index (χ1v) is 12.1. The molecule has 1 N–H and O–H groups in total. The minimum absolute atomic E-state index is 0.426. The summed E-state index contributed by atoms with van der Waals surface area (Å²) in [6, 6.07) is 11.5. The molecule has 3 aromatic rings. The van der Waals surface area contributed by atoms with E-state index in [-0.39, 0.29) is 0 Å². The highest BCUT2D eigenvalue weighted by molar-refractivity contribution is 7.88. The van der Waals surface area contributed by atoms with Gasteiger partial charge < -0.3 is 9.67 Å². The van der Waals surface area contributed by atoms with Gasteiger partial charge in [0.15, 0.2) is 0 Å². The van der Waals surface area contributed by atoms with Gasteiger partial charge in [-0.1, -0.05) is 23.2 Å². The number of hydrogen-bond donors (Lipinski definition) is 1. The first kappa shape index (κ1) is 20.9. The number of rotatable bonds is 5. The predicted molar refractivity (Wildman–Crippen MR) is 118 cm³/mol. The lowest BCUT2D eigenvalue weighted by atomic mass is 10.1. The summed E-state index contributed by atoms with van der Waals surface area (Å²) in [5.41, 5.74) is 1.99. The van der Waals surface area contributed by atoms with Crippen molar-refractivity contribution in [2.45, 2.75) is 12.6 Å². The van der Waals surface area contributed by atoms with Gasteiger partial charge in [-0.3, -0.25) is 4.90 Å². The van der Waals surface area contributed by atoms with Crippen LogP contribution in [0, 0.1) is 0 Å². The second-order valence-corrected chi connectivity index (χ2v) is 10.4. The summed E-state index contributed by atoms with van der Waals surface area (Å²) in [6.07, 6.45) is 0.642. The molecule has 4 rings (SSSR count). The van der Waals surface area contributed by atoms with Crippen molar-refractivity contribution in [3.8, 4) is 0 Å². The topological polar surface area (TPSA) is 65.8 Å². The fourth-order valence-corrected chi connectivity index (χ4v) is 5.23. The van der Waals surface area contributed by atoms with Crippen LogP contribution in [0.25, 0.3) is 21.8 Å². The summed E-state index contributed by atoms with van der Waals surface area (Å²) in [5, 5.41) is 14.1. The van der Waals surface area contributed by atoms with E-state index in [4.69, 9.17) is 23.2 Å². The average molecular weight is 456 g/mol. The molecule has 1 fully saturated rings. The van der Waals surface area contributed by atoms with Crippen LogP contribution >= 0.6 is 23.2 Å². The standard InChI is InChI=1S/C20H23Cl2N3O3S/c1-29(27,28)24-8-6-23(7-9-24)12-16(26)13-25-19-4-2-14(21)10-17(19)18-11-15(22)3-5-20(18)25/h2-5,10-11,16,26H,6-9,12-13H2,1H3. The Hall–Kier alpha value is -1.35. The van der Waals surface area contributed by atoms with Crippen molar-refractivity contribution in [1.29, 1.82) is 0 Å². The monoisotopic (exact) mass is 455 g/mol. The highest BCUT2D eigenvalue weighted by Crippen LogP contribution is 2.33. The second kappa shape index (κ2) is 8.06. The van der Waals surface area contributed by atoms with Gasteiger partial charge in [-0.25, -0.2) is 8.42 Å². The summed E-state index contributed by atoms with van der Waals surface area (Å²) in [7, 11) is -3.16. The number of fused-ring (bicyclic) bond motifs is 3. The van der Waals surface area contributed by atoms with Gasteiger partial charge >= 0.3 is 0 Å². The lowest BCUT2D eigenvalue weighted by molar-refractivity contribution is 0.0824. The highest BCUT2D eigenvalue weighted by atomic mass is 35.5. The molecule has 0 radical (unpaired) electrons. The molecule has 9 heteroatoms. The maximum Gasteiger partial charge on any atom is 0.211 e. The van der Waals surface area contributed by atoms with Gasteiger partial charge in [-0.05, 0) is 36.4 Å². The van der Waals surface area contributed by atoms with E-state index in [9.17, 15) is 13.5 Å². The third kappa shape index (κ3) is 4.40. The number of aromatic nitrogens is 1. The maximum atomic E-state index is 11.7. The van der Waals surface area contributed by atoms with Gasteiger partial charge in [0, 0.05) is 64.6 Å². The van der Waals surface area contributed by atoms with E-state index in [1.54, 1.807) is 0 Å². The Kier molecular flexibility index (Phi) is 5.81. The Balaban J connectivity index is 1.55. The van der Waals surface area contributed by atoms with Crippen molar-refractivity contribution in [1.82, 2.24) is 13.8 Å². The normalized spacial score (nSPS) is 17.9. The fraction of sp³-hybridized carbons (Fsp3) is 0.400. The molecule has 0 spiro atoms. The lowest BCUT2D eigenvalue weighted by Gasteiger charge is -2.34. The number of β-amino-alcohol motifs (C(OH)–C–C–N with tert-alkyl or cyclic N) is 1. The summed E-state index contributed by atoms with van der Waals surface area (Å²) < 4.78 is 26.9. The van der Waals surface area contributed by atoms with E-state index in [2.05, 4.69) is 9.47 Å². The molecule has 1 unspecified atom stereocenters. The largest absolute Gasteiger partial charge is 0.390 e. The summed E-state index contributed by atoms with van der Waals surface area (Å²) in [4.78, 5) is 2.11. The van der Waals surface area contributed by atoms with Crippen LogP contribution < -0.4 is 0 Å². The van der Waals surface area contributed by atoms with Gasteiger partial charge in [0.05, 0.1) is 18.9 Å². The minimum Gasteiger partial charge on any atom is -0.390 e. The van der Waals surface area contributed by atoms with Crippen LogP contribution in [-0.2, 0) is 16.6 Å². The zero-order chi connectivity index (χ0) is 20.8. The van der Waals surface area contributed by atoms with Crippen molar-refractivity contribution < 1.29 is 13.5 Å². The van der Waals surface area contributed by atoms with Gasteiger partial charge in [0.25, 0.3) is 0 Å². The smallest absolute Gasteiger partial charge is 0.211 e. The van der Waals surface area contributed by atoms with Crippen molar-refractivity contribution in [2.75, 3.05) is 39.0 Å². The average Bonchev–Trinajstić information content (AvgIpc) is 2.94. The fourth-order valence-electron chi connectivity index (χ4n) is 4.06. The number of sulfonamides is 1. The van der Waals surface area contributed by atoms with E-state index in [0.717, 1.165) is 21.8 Å². The summed E-state index contributed by atoms with van der Waals surface area (Å²) in [5.74, 6) is 0. The van der Waals surface area contributed by atoms with Crippen LogP contribution in [0.3, 0.4) is 0 Å². The molecule has 1 saturated heterocycles. The van der Waals surface area contributed by atoms with E-state index in [0.29, 0.717) is 49.3 Å². The Labute approximate surface area is 180 Å². The molecule has 1 aliphatic heterocycles. The number of piperazine rings is 1. The molecule has 0 bridgehead atoms. The van der Waals surface area contributed by atoms with Gasteiger partial charge in [0.2, 0.25) is 10.0 Å². The molecule has 6 nitrogen and oxygen atoms in total. The highest BCUT2D eigenvalue weighted by Gasteiger charge is 2.25. The van der Waals surface area contributed by atoms with Crippen LogP contribution in [0.15, 0.2) is 36.4 Å². The molecule has 0 amide bonds. The number of nitrogens with zero attached hydrogens (tertiary/aromatic N) is 3. The molecule has 2 heterocycles. The predicted octanol–water partition coefficient (Wildman–Crippen LogP) is 3.04. The van der Waals surface area contributed by atoms with Crippen molar-refractivity contribution >= 4 is 55.0 Å². The van der Waals surface area contributed by atoms with Gasteiger partial charge in [-0.15, -0.1) is 0 Å². The Morgan fingerprint density at radius 1 is 0.931 bits per heavy atom. The Bertz CT molecular complexity index is 1100. The molecule has 0 saturated carbocycles. The van der Waals surface area contributed by atoms with E-state index in [1.807, 2.05) is 36.4 Å². The number of aliphatic hydroxyl groups excluding tert-OH is 1. The zero-order valence-corrected chi connectivity index (χ0v) is 18.4. The Morgan fingerprint density at radius 3 is 1.93 bits per heavy atom. The van der Waals surface area contributed by atoms with Crippen LogP contribution in [0.5, 0.6) is 0 Å². The molecular weight excluding hydrogens is 433 g/mol. The Morgan fingerprint density at radius 2 is 1.45 bits per heavy atom. The lowest BCUT2D eigenvalue weighted by Crippen LogP contribution is -2.50. The maximum absolute atomic E-state index is 11.7. The number of hydrogen-bond acceptors (Lipinski definition) is 4. The molecule has 1 aromatic heterocycles. The van der Waals surface area contributed by atoms with Crippen LogP contribution in [0.2, 0.25) is 10.0 Å². The van der Waals surface area contributed by atoms with E-state index in [1.165, 1.54) is 10.6 Å². The molecule has 2 aromatic carbocycles. The molecular formula is C20H23Cl2N3O3S. The van der Waals surface area contributed by atoms with Gasteiger partial charge in [-0.2, -0.15) is 4.31 Å². The number of aliphatic hydroxyl groups is 1. The van der Waals surface area contributed by atoms with Crippen molar-refractivity contribution in [3.63, 3.8) is 0 Å². The zero-order valence-electron chi connectivity index (χ0n) is 16.1. The summed E-state index contributed by atoms with van der Waals surface area (Å²) in [6.45, 7) is 3.05. The SMILES string of the molecule is CS(=O)(=O)N1CCN(CC(O)Cn2c3ccc(Cl)cc3c3cc(Cl)ccc32)CC1. The molecule has 1 aliphatic rings. The van der Waals surface area contributed by atoms with E-state index >= 15 is 0 Å². The van der Waals surface area contributed by atoms with Crippen molar-refractivity contribution in [3.05, 3.63) is 46.4 Å². The summed E-state index contributed by atoms with van der Waals surface area (Å²) >= 11 is 12.4. The van der Waals surface area contributed by atoms with Crippen LogP contribution in [-0.4, -0.2) is 72.4 Å². The van der Waals surface area contributed by atoms with Crippen LogP contribution in [0.1, 0.15) is 0 Å². The van der Waals surface area contributed by atoms with E-state index < -0.39 is 16.1 Å². The molecule has 156 valence electrons.